The van der Waals surface area contributed by atoms with Crippen molar-refractivity contribution in [3.8, 4) is 44.8 Å². The molecule has 4 nitrogen and oxygen atoms in total. The first kappa shape index (κ1) is 36.3. The lowest BCUT2D eigenvalue weighted by atomic mass is 9.95. The van der Waals surface area contributed by atoms with Crippen LogP contribution in [0.5, 0.6) is 0 Å². The molecule has 0 atom stereocenters. The fraction of sp³-hybridized carbons (Fsp3) is 0. The van der Waals surface area contributed by atoms with Crippen molar-refractivity contribution in [2.75, 3.05) is 9.80 Å². The van der Waals surface area contributed by atoms with Gasteiger partial charge < -0.3 is 9.80 Å². The third-order valence-electron chi connectivity index (χ3n) is 10.8. The van der Waals surface area contributed by atoms with Gasteiger partial charge in [0.1, 0.15) is 0 Å². The number of fused-ring (bicyclic) bond motifs is 1. The molecule has 1 aromatic heterocycles. The Labute approximate surface area is 351 Å². The van der Waals surface area contributed by atoms with Gasteiger partial charge >= 0.3 is 0 Å². The van der Waals surface area contributed by atoms with Crippen LogP contribution in [-0.4, -0.2) is 9.97 Å². The van der Waals surface area contributed by atoms with E-state index in [2.05, 4.69) is 240 Å². The van der Waals surface area contributed by atoms with Crippen LogP contribution in [0.15, 0.2) is 243 Å². The van der Waals surface area contributed by atoms with Gasteiger partial charge in [-0.1, -0.05) is 170 Å². The van der Waals surface area contributed by atoms with Gasteiger partial charge in [-0.25, -0.2) is 9.97 Å². The molecule has 10 aromatic rings. The predicted molar refractivity (Wildman–Crippen MR) is 251 cm³/mol. The van der Waals surface area contributed by atoms with Crippen molar-refractivity contribution in [3.05, 3.63) is 243 Å². The average Bonchev–Trinajstić information content (AvgIpc) is 3.33. The van der Waals surface area contributed by atoms with Crippen LogP contribution in [0.1, 0.15) is 0 Å². The maximum atomic E-state index is 5.58. The zero-order valence-corrected chi connectivity index (χ0v) is 32.9. The number of hydrogen-bond donors (Lipinski definition) is 0. The first-order valence-electron chi connectivity index (χ1n) is 20.3. The van der Waals surface area contributed by atoms with Gasteiger partial charge in [0.2, 0.25) is 0 Å². The van der Waals surface area contributed by atoms with E-state index in [0.29, 0.717) is 0 Å². The Morgan fingerprint density at radius 3 is 0.750 bits per heavy atom. The van der Waals surface area contributed by atoms with Crippen LogP contribution < -0.4 is 9.80 Å². The highest BCUT2D eigenvalue weighted by Crippen LogP contribution is 2.42. The molecule has 9 aromatic carbocycles. The molecule has 0 amide bonds. The van der Waals surface area contributed by atoms with Gasteiger partial charge in [-0.2, -0.15) is 0 Å². The minimum absolute atomic E-state index is 0.848. The molecule has 0 fully saturated rings. The van der Waals surface area contributed by atoms with Crippen molar-refractivity contribution in [2.24, 2.45) is 0 Å². The Balaban J connectivity index is 1.14. The monoisotopic (exact) mass is 768 g/mol. The average molecular weight is 769 g/mol. The lowest BCUT2D eigenvalue weighted by Gasteiger charge is -2.25. The number of para-hydroxylation sites is 4. The standard InChI is InChI=1S/C56H40N4/c1-7-19-43(20-8-1)53-54(44-21-9-2-10-22-44)58-56-52(42-33-37-50(38-34-42)60(47-27-15-5-16-28-47)48-29-17-6-18-30-48)40-39-51(55(56)57-53)41-31-35-49(36-32-41)59(45-23-11-3-12-24-45)46-25-13-4-14-26-46/h1-40H. The minimum Gasteiger partial charge on any atom is -0.311 e. The van der Waals surface area contributed by atoms with E-state index in [1.165, 1.54) is 0 Å². The lowest BCUT2D eigenvalue weighted by molar-refractivity contribution is 1.28. The highest BCUT2D eigenvalue weighted by atomic mass is 15.1. The van der Waals surface area contributed by atoms with Gasteiger partial charge in [-0.15, -0.1) is 0 Å². The zero-order valence-electron chi connectivity index (χ0n) is 32.9. The number of aromatic nitrogens is 2. The van der Waals surface area contributed by atoms with Crippen LogP contribution in [0, 0.1) is 0 Å². The molecule has 0 aliphatic heterocycles. The summed E-state index contributed by atoms with van der Waals surface area (Å²) in [4.78, 5) is 15.7. The van der Waals surface area contributed by atoms with E-state index in [1.54, 1.807) is 0 Å². The summed E-state index contributed by atoms with van der Waals surface area (Å²) in [5, 5.41) is 0. The normalized spacial score (nSPS) is 11.0. The van der Waals surface area contributed by atoms with Crippen molar-refractivity contribution in [3.63, 3.8) is 0 Å². The second kappa shape index (κ2) is 16.4. The fourth-order valence-corrected chi connectivity index (χ4v) is 7.98. The molecule has 0 aliphatic carbocycles. The smallest absolute Gasteiger partial charge is 0.0979 e. The maximum Gasteiger partial charge on any atom is 0.0979 e. The quantitative estimate of drug-likeness (QED) is 0.139. The van der Waals surface area contributed by atoms with Gasteiger partial charge in [-0.05, 0) is 83.9 Å². The number of rotatable bonds is 10. The van der Waals surface area contributed by atoms with Gasteiger partial charge in [0.15, 0.2) is 0 Å². The van der Waals surface area contributed by atoms with Crippen molar-refractivity contribution in [1.29, 1.82) is 0 Å². The second-order valence-corrected chi connectivity index (χ2v) is 14.6. The summed E-state index contributed by atoms with van der Waals surface area (Å²) >= 11 is 0. The molecule has 10 rings (SSSR count). The van der Waals surface area contributed by atoms with Crippen molar-refractivity contribution in [1.82, 2.24) is 9.97 Å². The van der Waals surface area contributed by atoms with Crippen LogP contribution >= 0.6 is 0 Å². The molecule has 1 heterocycles. The first-order chi connectivity index (χ1) is 29.8. The zero-order chi connectivity index (χ0) is 40.1. The number of hydrogen-bond acceptors (Lipinski definition) is 4. The molecule has 0 spiro atoms. The van der Waals surface area contributed by atoms with Gasteiger partial charge in [0, 0.05) is 56.4 Å². The van der Waals surface area contributed by atoms with Crippen LogP contribution in [0.2, 0.25) is 0 Å². The Kier molecular flexibility index (Phi) is 9.92. The second-order valence-electron chi connectivity index (χ2n) is 14.6. The number of benzene rings is 9. The molecular weight excluding hydrogens is 729 g/mol. The Bertz CT molecular complexity index is 2690. The summed E-state index contributed by atoms with van der Waals surface area (Å²) in [5.74, 6) is 0. The molecule has 0 bridgehead atoms. The Morgan fingerprint density at radius 2 is 0.467 bits per heavy atom. The molecule has 4 heteroatoms. The van der Waals surface area contributed by atoms with Crippen molar-refractivity contribution in [2.45, 2.75) is 0 Å². The van der Waals surface area contributed by atoms with E-state index >= 15 is 0 Å². The van der Waals surface area contributed by atoms with E-state index in [9.17, 15) is 0 Å². The van der Waals surface area contributed by atoms with Crippen LogP contribution in [0.25, 0.3) is 55.8 Å². The topological polar surface area (TPSA) is 32.3 Å². The SMILES string of the molecule is c1ccc(-c2nc3c(-c4ccc(N(c5ccccc5)c5ccccc5)cc4)ccc(-c4ccc(N(c5ccccc5)c5ccccc5)cc4)c3nc2-c2ccccc2)cc1. The molecule has 0 saturated heterocycles. The molecule has 0 radical (unpaired) electrons. The molecule has 284 valence electrons. The number of nitrogens with zero attached hydrogens (tertiary/aromatic N) is 4. The third kappa shape index (κ3) is 7.19. The third-order valence-corrected chi connectivity index (χ3v) is 10.8. The summed E-state index contributed by atoms with van der Waals surface area (Å²) in [5.41, 5.74) is 16.1. The van der Waals surface area contributed by atoms with Crippen molar-refractivity contribution < 1.29 is 0 Å². The number of anilines is 6. The molecular formula is C56H40N4. The fourth-order valence-electron chi connectivity index (χ4n) is 7.98. The Hall–Kier alpha value is -8.08. The van der Waals surface area contributed by atoms with Crippen LogP contribution in [0.3, 0.4) is 0 Å². The molecule has 0 unspecified atom stereocenters. The van der Waals surface area contributed by atoms with E-state index < -0.39 is 0 Å². The molecule has 60 heavy (non-hydrogen) atoms. The highest BCUT2D eigenvalue weighted by molar-refractivity contribution is 6.03. The lowest BCUT2D eigenvalue weighted by Crippen LogP contribution is -2.09. The summed E-state index contributed by atoms with van der Waals surface area (Å²) in [7, 11) is 0. The maximum absolute atomic E-state index is 5.58. The van der Waals surface area contributed by atoms with E-state index in [0.717, 1.165) is 89.9 Å². The minimum atomic E-state index is 0.848. The Morgan fingerprint density at radius 1 is 0.217 bits per heavy atom. The van der Waals surface area contributed by atoms with Crippen molar-refractivity contribution >= 4 is 45.2 Å². The van der Waals surface area contributed by atoms with Crippen LogP contribution in [0.4, 0.5) is 34.1 Å². The summed E-state index contributed by atoms with van der Waals surface area (Å²) in [6.45, 7) is 0. The van der Waals surface area contributed by atoms with E-state index in [-0.39, 0.29) is 0 Å². The predicted octanol–water partition coefficient (Wildman–Crippen LogP) is 15.2. The summed E-state index contributed by atoms with van der Waals surface area (Å²) < 4.78 is 0. The largest absolute Gasteiger partial charge is 0.311 e. The first-order valence-corrected chi connectivity index (χ1v) is 20.3. The van der Waals surface area contributed by atoms with Crippen LogP contribution in [-0.2, 0) is 0 Å². The van der Waals surface area contributed by atoms with Gasteiger partial charge in [-0.3, -0.25) is 0 Å². The van der Waals surface area contributed by atoms with E-state index in [1.807, 2.05) is 12.1 Å². The molecule has 0 saturated carbocycles. The molecule has 0 N–H and O–H groups in total. The van der Waals surface area contributed by atoms with E-state index in [4.69, 9.17) is 9.97 Å². The highest BCUT2D eigenvalue weighted by Gasteiger charge is 2.20. The molecule has 0 aliphatic rings. The van der Waals surface area contributed by atoms with Gasteiger partial charge in [0.05, 0.1) is 22.4 Å². The van der Waals surface area contributed by atoms with Gasteiger partial charge in [0.25, 0.3) is 0 Å². The summed E-state index contributed by atoms with van der Waals surface area (Å²) in [6, 6.07) is 84.8. The summed E-state index contributed by atoms with van der Waals surface area (Å²) in [6.07, 6.45) is 0.